The first-order valence-electron chi connectivity index (χ1n) is 6.30. The van der Waals surface area contributed by atoms with Crippen LogP contribution in [0.5, 0.6) is 0 Å². The Labute approximate surface area is 119 Å². The number of fused-ring (bicyclic) bond motifs is 3. The van der Waals surface area contributed by atoms with Crippen molar-refractivity contribution in [2.45, 2.75) is 32.1 Å². The molecule has 0 saturated carbocycles. The predicted molar refractivity (Wildman–Crippen MR) is 74.7 cm³/mol. The largest absolute Gasteiger partial charge is 0.466 e. The van der Waals surface area contributed by atoms with Crippen molar-refractivity contribution in [3.05, 3.63) is 21.9 Å². The van der Waals surface area contributed by atoms with E-state index >= 15 is 0 Å². The van der Waals surface area contributed by atoms with Crippen molar-refractivity contribution in [2.24, 2.45) is 0 Å². The van der Waals surface area contributed by atoms with Gasteiger partial charge in [-0.1, -0.05) is 11.6 Å². The summed E-state index contributed by atoms with van der Waals surface area (Å²) in [6.07, 6.45) is 4.24. The molecule has 1 aliphatic rings. The molecule has 0 amide bonds. The number of hydrogen-bond acceptors (Lipinski definition) is 5. The summed E-state index contributed by atoms with van der Waals surface area (Å²) in [6, 6.07) is 0. The lowest BCUT2D eigenvalue weighted by Crippen LogP contribution is -2.19. The van der Waals surface area contributed by atoms with Gasteiger partial charge in [-0.15, -0.1) is 11.3 Å². The number of esters is 1. The van der Waals surface area contributed by atoms with E-state index in [1.165, 1.54) is 11.2 Å². The normalized spacial score (nSPS) is 18.3. The van der Waals surface area contributed by atoms with Crippen molar-refractivity contribution in [3.8, 4) is 0 Å². The van der Waals surface area contributed by atoms with Crippen molar-refractivity contribution >= 4 is 39.1 Å². The Morgan fingerprint density at radius 2 is 2.42 bits per heavy atom. The Bertz CT molecular complexity index is 641. The Balaban J connectivity index is 2.17. The van der Waals surface area contributed by atoms with E-state index in [4.69, 9.17) is 16.3 Å². The fraction of sp³-hybridized carbons (Fsp3) is 0.462. The molecule has 0 radical (unpaired) electrons. The molecule has 4 nitrogen and oxygen atoms in total. The van der Waals surface area contributed by atoms with Gasteiger partial charge in [0.15, 0.2) is 0 Å². The maximum Gasteiger partial charge on any atom is 0.313 e. The molecule has 1 atom stereocenters. The van der Waals surface area contributed by atoms with Crippen molar-refractivity contribution in [3.63, 3.8) is 0 Å². The van der Waals surface area contributed by atoms with E-state index in [-0.39, 0.29) is 11.9 Å². The van der Waals surface area contributed by atoms with Crippen LogP contribution in [-0.4, -0.2) is 22.5 Å². The Kier molecular flexibility index (Phi) is 3.41. The molecule has 0 N–H and O–H groups in total. The molecule has 100 valence electrons. The number of thiophene rings is 1. The van der Waals surface area contributed by atoms with Gasteiger partial charge in [0.1, 0.15) is 16.3 Å². The maximum absolute atomic E-state index is 12.1. The highest BCUT2D eigenvalue weighted by molar-refractivity contribution is 7.19. The third-order valence-electron chi connectivity index (χ3n) is 3.37. The van der Waals surface area contributed by atoms with E-state index in [2.05, 4.69) is 9.97 Å². The lowest BCUT2D eigenvalue weighted by Gasteiger charge is -2.21. The van der Waals surface area contributed by atoms with E-state index in [1.54, 1.807) is 11.3 Å². The molecule has 0 fully saturated rings. The van der Waals surface area contributed by atoms with Gasteiger partial charge in [-0.25, -0.2) is 9.97 Å². The minimum absolute atomic E-state index is 0.164. The van der Waals surface area contributed by atoms with Gasteiger partial charge in [0.25, 0.3) is 0 Å². The summed E-state index contributed by atoms with van der Waals surface area (Å²) in [5, 5.41) is 1.26. The fourth-order valence-corrected chi connectivity index (χ4v) is 4.14. The van der Waals surface area contributed by atoms with E-state index in [9.17, 15) is 4.79 Å². The summed E-state index contributed by atoms with van der Waals surface area (Å²) in [7, 11) is 0. The molecule has 0 bridgehead atoms. The van der Waals surface area contributed by atoms with Crippen LogP contribution < -0.4 is 0 Å². The van der Waals surface area contributed by atoms with Gasteiger partial charge in [0.05, 0.1) is 17.9 Å². The molecule has 19 heavy (non-hydrogen) atoms. The molecular formula is C13H13ClN2O2S. The predicted octanol–water partition coefficient (Wildman–Crippen LogP) is 3.33. The van der Waals surface area contributed by atoms with Gasteiger partial charge in [-0.2, -0.15) is 0 Å². The number of rotatable bonds is 2. The second-order valence-corrected chi connectivity index (χ2v) is 5.92. The van der Waals surface area contributed by atoms with Gasteiger partial charge in [-0.3, -0.25) is 4.79 Å². The molecule has 2 aromatic heterocycles. The van der Waals surface area contributed by atoms with Crippen LogP contribution in [0.4, 0.5) is 0 Å². The number of nitrogens with zero attached hydrogens (tertiary/aromatic N) is 2. The van der Waals surface area contributed by atoms with Crippen molar-refractivity contribution in [1.82, 2.24) is 9.97 Å². The summed E-state index contributed by atoms with van der Waals surface area (Å²) < 4.78 is 5.18. The van der Waals surface area contributed by atoms with Gasteiger partial charge >= 0.3 is 5.97 Å². The highest BCUT2D eigenvalue weighted by atomic mass is 35.5. The molecule has 3 rings (SSSR count). The van der Waals surface area contributed by atoms with Crippen molar-refractivity contribution in [1.29, 1.82) is 0 Å². The van der Waals surface area contributed by atoms with E-state index in [0.29, 0.717) is 11.8 Å². The summed E-state index contributed by atoms with van der Waals surface area (Å²) in [5.74, 6) is -0.385. The molecule has 0 saturated heterocycles. The first kappa shape index (κ1) is 12.8. The van der Waals surface area contributed by atoms with E-state index < -0.39 is 0 Å². The zero-order chi connectivity index (χ0) is 13.4. The van der Waals surface area contributed by atoms with Gasteiger partial charge < -0.3 is 4.74 Å². The average Bonchev–Trinajstić information content (AvgIpc) is 2.78. The van der Waals surface area contributed by atoms with Crippen LogP contribution in [0, 0.1) is 0 Å². The van der Waals surface area contributed by atoms with E-state index in [0.717, 1.165) is 35.0 Å². The zero-order valence-electron chi connectivity index (χ0n) is 10.5. The third kappa shape index (κ3) is 2.11. The minimum atomic E-state index is -0.221. The second-order valence-electron chi connectivity index (χ2n) is 4.48. The Hall–Kier alpha value is -1.20. The topological polar surface area (TPSA) is 52.1 Å². The summed E-state index contributed by atoms with van der Waals surface area (Å²) in [5.41, 5.74) is 0.996. The zero-order valence-corrected chi connectivity index (χ0v) is 12.1. The van der Waals surface area contributed by atoms with Crippen molar-refractivity contribution < 1.29 is 9.53 Å². The number of ether oxygens (including phenoxy) is 1. The van der Waals surface area contributed by atoms with Gasteiger partial charge in [-0.05, 0) is 31.7 Å². The summed E-state index contributed by atoms with van der Waals surface area (Å²) in [6.45, 7) is 2.22. The van der Waals surface area contributed by atoms with Crippen LogP contribution in [0.15, 0.2) is 6.33 Å². The number of halogens is 1. The SMILES string of the molecule is CCOC(=O)C1CCCc2sc3ncnc(Cl)c3c21. The Morgan fingerprint density at radius 3 is 3.21 bits per heavy atom. The van der Waals surface area contributed by atoms with Crippen LogP contribution in [0.2, 0.25) is 5.15 Å². The number of aromatic nitrogens is 2. The smallest absolute Gasteiger partial charge is 0.313 e. The van der Waals surface area contributed by atoms with Crippen LogP contribution in [-0.2, 0) is 16.0 Å². The highest BCUT2D eigenvalue weighted by Crippen LogP contribution is 2.43. The lowest BCUT2D eigenvalue weighted by molar-refractivity contribution is -0.145. The maximum atomic E-state index is 12.1. The van der Waals surface area contributed by atoms with Gasteiger partial charge in [0, 0.05) is 4.88 Å². The second kappa shape index (κ2) is 5.06. The average molecular weight is 297 g/mol. The minimum Gasteiger partial charge on any atom is -0.466 e. The highest BCUT2D eigenvalue weighted by Gasteiger charge is 2.32. The molecule has 2 heterocycles. The standard InChI is InChI=1S/C13H13ClN2O2S/c1-2-18-13(17)7-4-3-5-8-9(7)10-11(14)15-6-16-12(10)19-8/h6-7H,2-5H2,1H3. The molecule has 0 aromatic carbocycles. The van der Waals surface area contributed by atoms with Crippen LogP contribution in [0.3, 0.4) is 0 Å². The molecule has 0 aliphatic heterocycles. The molecule has 1 aliphatic carbocycles. The van der Waals surface area contributed by atoms with Gasteiger partial charge in [0.2, 0.25) is 0 Å². The third-order valence-corrected chi connectivity index (χ3v) is 4.83. The van der Waals surface area contributed by atoms with Crippen LogP contribution in [0.25, 0.3) is 10.2 Å². The first-order chi connectivity index (χ1) is 9.22. The summed E-state index contributed by atoms with van der Waals surface area (Å²) in [4.78, 5) is 22.5. The number of carbonyl (C=O) groups is 1. The van der Waals surface area contributed by atoms with Crippen LogP contribution >= 0.6 is 22.9 Å². The van der Waals surface area contributed by atoms with Crippen LogP contribution in [0.1, 0.15) is 36.1 Å². The number of carbonyl (C=O) groups excluding carboxylic acids is 1. The first-order valence-corrected chi connectivity index (χ1v) is 7.50. The number of aryl methyl sites for hydroxylation is 1. The Morgan fingerprint density at radius 1 is 1.58 bits per heavy atom. The monoisotopic (exact) mass is 296 g/mol. The van der Waals surface area contributed by atoms with E-state index in [1.807, 2.05) is 6.92 Å². The number of hydrogen-bond donors (Lipinski definition) is 0. The molecule has 6 heteroatoms. The fourth-order valence-electron chi connectivity index (χ4n) is 2.61. The molecule has 1 unspecified atom stereocenters. The van der Waals surface area contributed by atoms with Crippen molar-refractivity contribution in [2.75, 3.05) is 6.61 Å². The molecular weight excluding hydrogens is 284 g/mol. The molecule has 2 aromatic rings. The lowest BCUT2D eigenvalue weighted by atomic mass is 9.86. The quantitative estimate of drug-likeness (QED) is 0.630. The summed E-state index contributed by atoms with van der Waals surface area (Å²) >= 11 is 7.80. The molecule has 0 spiro atoms.